The van der Waals surface area contributed by atoms with Gasteiger partial charge in [-0.15, -0.1) is 0 Å². The molecule has 0 unspecified atom stereocenters. The Balaban J connectivity index is 1.71. The summed E-state index contributed by atoms with van der Waals surface area (Å²) in [6.07, 6.45) is -1.54. The molecule has 5 nitrogen and oxygen atoms in total. The quantitative estimate of drug-likeness (QED) is 0.282. The summed E-state index contributed by atoms with van der Waals surface area (Å²) >= 11 is 11.9. The summed E-state index contributed by atoms with van der Waals surface area (Å²) in [5.74, 6) is 0.312. The molecule has 0 saturated heterocycles. The van der Waals surface area contributed by atoms with Crippen molar-refractivity contribution in [1.29, 1.82) is 0 Å². The largest absolute Gasteiger partial charge is 0.437 e. The molecule has 4 aromatic rings. The minimum absolute atomic E-state index is 0.0000220. The van der Waals surface area contributed by atoms with Crippen molar-refractivity contribution < 1.29 is 17.9 Å². The molecule has 0 amide bonds. The number of alkyl halides is 3. The fraction of sp³-hybridized carbons (Fsp3) is 0.0526. The summed E-state index contributed by atoms with van der Waals surface area (Å²) < 4.78 is 43.8. The van der Waals surface area contributed by atoms with E-state index in [1.807, 2.05) is 0 Å². The van der Waals surface area contributed by atoms with E-state index in [0.29, 0.717) is 22.2 Å². The molecule has 29 heavy (non-hydrogen) atoms. The number of hydrogen-bond donors (Lipinski definition) is 0. The van der Waals surface area contributed by atoms with E-state index < -0.39 is 11.7 Å². The van der Waals surface area contributed by atoms with Crippen molar-refractivity contribution in [3.63, 3.8) is 0 Å². The second-order valence-electron chi connectivity index (χ2n) is 5.85. The van der Waals surface area contributed by atoms with Crippen molar-refractivity contribution in [2.45, 2.75) is 6.18 Å². The summed E-state index contributed by atoms with van der Waals surface area (Å²) in [6.45, 7) is 0. The second kappa shape index (κ2) is 7.46. The third-order valence-electron chi connectivity index (χ3n) is 3.96. The monoisotopic (exact) mass is 436 g/mol. The average molecular weight is 437 g/mol. The van der Waals surface area contributed by atoms with Crippen LogP contribution >= 0.6 is 23.2 Å². The van der Waals surface area contributed by atoms with Gasteiger partial charge in [0.05, 0.1) is 11.1 Å². The number of halogens is 5. The van der Waals surface area contributed by atoms with Crippen LogP contribution in [0.4, 0.5) is 13.2 Å². The number of ether oxygens (including phenoxy) is 1. The summed E-state index contributed by atoms with van der Waals surface area (Å²) in [4.78, 5) is 16.5. The Morgan fingerprint density at radius 2 is 1.59 bits per heavy atom. The van der Waals surface area contributed by atoms with E-state index in [0.717, 1.165) is 12.1 Å². The summed E-state index contributed by atoms with van der Waals surface area (Å²) in [6, 6.07) is 9.43. The van der Waals surface area contributed by atoms with Crippen molar-refractivity contribution in [2.24, 2.45) is 0 Å². The number of nitrogens with zero attached hydrogens (tertiary/aromatic N) is 4. The molecule has 0 bridgehead atoms. The zero-order valence-electron chi connectivity index (χ0n) is 14.3. The third kappa shape index (κ3) is 4.08. The van der Waals surface area contributed by atoms with Gasteiger partial charge in [-0.3, -0.25) is 0 Å². The van der Waals surface area contributed by atoms with Gasteiger partial charge in [0, 0.05) is 23.3 Å². The molecule has 0 radical (unpaired) electrons. The molecule has 4 rings (SSSR count). The lowest BCUT2D eigenvalue weighted by Crippen LogP contribution is -2.04. The molecule has 146 valence electrons. The van der Waals surface area contributed by atoms with Gasteiger partial charge in [0.1, 0.15) is 16.6 Å². The normalized spacial score (nSPS) is 11.6. The SMILES string of the molecule is FC(F)(F)c1ccc(Oc2nccnc2-c2ccc3c(Cl)nc(Cl)nc3c2)cc1. The highest BCUT2D eigenvalue weighted by Crippen LogP contribution is 2.34. The predicted octanol–water partition coefficient (Wildman–Crippen LogP) is 6.20. The van der Waals surface area contributed by atoms with E-state index in [1.54, 1.807) is 18.2 Å². The molecule has 0 saturated carbocycles. The van der Waals surface area contributed by atoms with Crippen molar-refractivity contribution in [3.8, 4) is 22.9 Å². The van der Waals surface area contributed by atoms with Gasteiger partial charge in [-0.2, -0.15) is 13.2 Å². The van der Waals surface area contributed by atoms with E-state index in [2.05, 4.69) is 19.9 Å². The fourth-order valence-electron chi connectivity index (χ4n) is 2.63. The first kappa shape index (κ1) is 19.4. The highest BCUT2D eigenvalue weighted by molar-refractivity contribution is 6.35. The third-order valence-corrected chi connectivity index (χ3v) is 4.41. The average Bonchev–Trinajstić information content (AvgIpc) is 2.67. The Labute approximate surface area is 172 Å². The van der Waals surface area contributed by atoms with Crippen LogP contribution in [0.1, 0.15) is 5.56 Å². The predicted molar refractivity (Wildman–Crippen MR) is 102 cm³/mol. The van der Waals surface area contributed by atoms with Crippen LogP contribution in [0.2, 0.25) is 10.4 Å². The topological polar surface area (TPSA) is 60.8 Å². The summed E-state index contributed by atoms with van der Waals surface area (Å²) in [5.41, 5.74) is 0.712. The number of hydrogen-bond acceptors (Lipinski definition) is 5. The number of rotatable bonds is 3. The van der Waals surface area contributed by atoms with E-state index in [1.165, 1.54) is 24.5 Å². The molecule has 0 spiro atoms. The molecule has 2 aromatic heterocycles. The maximum atomic E-state index is 12.7. The molecule has 0 aliphatic carbocycles. The zero-order valence-corrected chi connectivity index (χ0v) is 15.8. The molecule has 0 fully saturated rings. The molecule has 2 heterocycles. The molecule has 0 atom stereocenters. The Hall–Kier alpha value is -2.97. The Morgan fingerprint density at radius 1 is 0.862 bits per heavy atom. The van der Waals surface area contributed by atoms with Crippen molar-refractivity contribution in [3.05, 3.63) is 70.9 Å². The molecule has 10 heteroatoms. The maximum Gasteiger partial charge on any atom is 0.416 e. The van der Waals surface area contributed by atoms with Gasteiger partial charge in [0.25, 0.3) is 0 Å². The first-order valence-electron chi connectivity index (χ1n) is 8.10. The van der Waals surface area contributed by atoms with E-state index in [4.69, 9.17) is 27.9 Å². The molecule has 0 N–H and O–H groups in total. The van der Waals surface area contributed by atoms with Crippen molar-refractivity contribution >= 4 is 34.1 Å². The maximum absolute atomic E-state index is 12.7. The van der Waals surface area contributed by atoms with Gasteiger partial charge in [-0.25, -0.2) is 19.9 Å². The highest BCUT2D eigenvalue weighted by Gasteiger charge is 2.30. The Kier molecular flexibility index (Phi) is 4.97. The Morgan fingerprint density at radius 3 is 2.31 bits per heavy atom. The zero-order chi connectivity index (χ0) is 20.6. The van der Waals surface area contributed by atoms with Crippen LogP contribution in [0, 0.1) is 0 Å². The van der Waals surface area contributed by atoms with Gasteiger partial charge >= 0.3 is 6.18 Å². The fourth-order valence-corrected chi connectivity index (χ4v) is 3.09. The van der Waals surface area contributed by atoms with Crippen LogP contribution < -0.4 is 4.74 Å². The minimum atomic E-state index is -4.42. The standard InChI is InChI=1S/C19H9Cl2F3N4O/c20-16-13-6-1-10(9-14(13)27-18(21)28-16)15-17(26-8-7-25-15)29-12-4-2-11(3-5-12)19(22,23)24/h1-9H. The lowest BCUT2D eigenvalue weighted by molar-refractivity contribution is -0.137. The first-order valence-corrected chi connectivity index (χ1v) is 8.86. The van der Waals surface area contributed by atoms with Gasteiger partial charge in [-0.05, 0) is 48.0 Å². The number of aromatic nitrogens is 4. The van der Waals surface area contributed by atoms with Crippen LogP contribution in [0.25, 0.3) is 22.2 Å². The van der Waals surface area contributed by atoms with Crippen LogP contribution in [0.3, 0.4) is 0 Å². The molecular weight excluding hydrogens is 428 g/mol. The van der Waals surface area contributed by atoms with Crippen molar-refractivity contribution in [2.75, 3.05) is 0 Å². The smallest absolute Gasteiger partial charge is 0.416 e. The van der Waals surface area contributed by atoms with Gasteiger partial charge < -0.3 is 4.74 Å². The van der Waals surface area contributed by atoms with Crippen LogP contribution in [-0.2, 0) is 6.18 Å². The molecule has 2 aromatic carbocycles. The van der Waals surface area contributed by atoms with E-state index in [-0.39, 0.29) is 22.1 Å². The Bertz CT molecular complexity index is 1200. The van der Waals surface area contributed by atoms with Crippen molar-refractivity contribution in [1.82, 2.24) is 19.9 Å². The van der Waals surface area contributed by atoms with Crippen LogP contribution in [-0.4, -0.2) is 19.9 Å². The molecule has 0 aliphatic rings. The highest BCUT2D eigenvalue weighted by atomic mass is 35.5. The number of fused-ring (bicyclic) bond motifs is 1. The van der Waals surface area contributed by atoms with Gasteiger partial charge in [0.2, 0.25) is 11.2 Å². The molecule has 0 aliphatic heterocycles. The second-order valence-corrected chi connectivity index (χ2v) is 6.55. The minimum Gasteiger partial charge on any atom is -0.437 e. The molecular formula is C19H9Cl2F3N4O. The van der Waals surface area contributed by atoms with E-state index >= 15 is 0 Å². The lowest BCUT2D eigenvalue weighted by Gasteiger charge is -2.11. The number of benzene rings is 2. The van der Waals surface area contributed by atoms with E-state index in [9.17, 15) is 13.2 Å². The lowest BCUT2D eigenvalue weighted by atomic mass is 10.1. The van der Waals surface area contributed by atoms with Gasteiger partial charge in [-0.1, -0.05) is 17.7 Å². The van der Waals surface area contributed by atoms with Crippen LogP contribution in [0.15, 0.2) is 54.9 Å². The first-order chi connectivity index (χ1) is 13.8. The van der Waals surface area contributed by atoms with Gasteiger partial charge in [0.15, 0.2) is 0 Å². The summed E-state index contributed by atoms with van der Waals surface area (Å²) in [5, 5.41) is 0.820. The summed E-state index contributed by atoms with van der Waals surface area (Å²) in [7, 11) is 0. The van der Waals surface area contributed by atoms with Crippen LogP contribution in [0.5, 0.6) is 11.6 Å².